The fraction of sp³-hybridized carbons (Fsp3) is 0.765. The van der Waals surface area contributed by atoms with Crippen LogP contribution in [0, 0.1) is 0 Å². The number of guanidine groups is 1. The summed E-state index contributed by atoms with van der Waals surface area (Å²) in [5.74, 6) is 1.84. The first-order chi connectivity index (χ1) is 11.3. The molecule has 2 fully saturated rings. The van der Waals surface area contributed by atoms with E-state index in [0.717, 1.165) is 43.5 Å². The zero-order valence-corrected chi connectivity index (χ0v) is 14.4. The molecule has 128 valence electrons. The van der Waals surface area contributed by atoms with Crippen molar-refractivity contribution in [1.82, 2.24) is 20.3 Å². The van der Waals surface area contributed by atoms with Crippen LogP contribution in [0.4, 0.5) is 0 Å². The molecule has 1 N–H and O–H groups in total. The second-order valence-electron chi connectivity index (χ2n) is 6.44. The van der Waals surface area contributed by atoms with Gasteiger partial charge in [-0.05, 0) is 45.7 Å². The summed E-state index contributed by atoms with van der Waals surface area (Å²) in [6.07, 6.45) is 4.86. The maximum Gasteiger partial charge on any atom is 0.194 e. The number of hydrogen-bond acceptors (Lipinski definition) is 4. The second kappa shape index (κ2) is 7.81. The van der Waals surface area contributed by atoms with Crippen molar-refractivity contribution in [1.29, 1.82) is 0 Å². The average molecular weight is 319 g/mol. The number of nitrogens with one attached hydrogen (secondary N) is 1. The SMILES string of the molecule is CCNC(=NCc1cc(CC)no1)N1CCC(N2CCCC2)C1. The van der Waals surface area contributed by atoms with Gasteiger partial charge in [0.1, 0.15) is 6.54 Å². The number of rotatable bonds is 5. The van der Waals surface area contributed by atoms with E-state index in [1.165, 1.54) is 32.4 Å². The number of aliphatic imine (C=N–C) groups is 1. The first kappa shape index (κ1) is 16.3. The molecule has 3 rings (SSSR count). The fourth-order valence-corrected chi connectivity index (χ4v) is 3.51. The Morgan fingerprint density at radius 2 is 2.17 bits per heavy atom. The molecule has 2 aliphatic rings. The van der Waals surface area contributed by atoms with Crippen molar-refractivity contribution in [3.05, 3.63) is 17.5 Å². The van der Waals surface area contributed by atoms with Crippen molar-refractivity contribution in [3.63, 3.8) is 0 Å². The van der Waals surface area contributed by atoms with Gasteiger partial charge in [-0.2, -0.15) is 0 Å². The number of aromatic nitrogens is 1. The summed E-state index contributed by atoms with van der Waals surface area (Å²) in [5, 5.41) is 7.46. The molecule has 0 aliphatic carbocycles. The van der Waals surface area contributed by atoms with Gasteiger partial charge in [-0.1, -0.05) is 12.1 Å². The lowest BCUT2D eigenvalue weighted by Gasteiger charge is -2.25. The molecular weight excluding hydrogens is 290 g/mol. The van der Waals surface area contributed by atoms with Crippen LogP contribution < -0.4 is 5.32 Å². The Bertz CT molecular complexity index is 521. The van der Waals surface area contributed by atoms with Crippen molar-refractivity contribution >= 4 is 5.96 Å². The molecule has 0 saturated carbocycles. The van der Waals surface area contributed by atoms with Crippen LogP contribution in [0.25, 0.3) is 0 Å². The van der Waals surface area contributed by atoms with E-state index in [-0.39, 0.29) is 0 Å². The molecule has 6 nitrogen and oxygen atoms in total. The van der Waals surface area contributed by atoms with Crippen molar-refractivity contribution in [2.45, 2.75) is 52.1 Å². The van der Waals surface area contributed by atoms with Gasteiger partial charge in [-0.3, -0.25) is 4.90 Å². The molecule has 0 spiro atoms. The molecule has 1 aromatic rings. The summed E-state index contributed by atoms with van der Waals surface area (Å²) in [6.45, 7) is 10.4. The Kier molecular flexibility index (Phi) is 5.54. The van der Waals surface area contributed by atoms with E-state index in [1.54, 1.807) is 0 Å². The van der Waals surface area contributed by atoms with Crippen molar-refractivity contribution in [2.75, 3.05) is 32.7 Å². The van der Waals surface area contributed by atoms with Crippen LogP contribution in [0.3, 0.4) is 0 Å². The smallest absolute Gasteiger partial charge is 0.194 e. The minimum Gasteiger partial charge on any atom is -0.359 e. The molecule has 1 atom stereocenters. The minimum absolute atomic E-state index is 0.556. The Hall–Kier alpha value is -1.56. The molecule has 3 heterocycles. The third kappa shape index (κ3) is 4.05. The standard InChI is InChI=1S/C17H29N5O/c1-3-14-11-16(23-20-14)12-19-17(18-4-2)22-10-7-15(13-22)21-8-5-6-9-21/h11,15H,3-10,12-13H2,1-2H3,(H,18,19). The van der Waals surface area contributed by atoms with Crippen LogP contribution >= 0.6 is 0 Å². The Morgan fingerprint density at radius 1 is 1.35 bits per heavy atom. The zero-order chi connectivity index (χ0) is 16.1. The summed E-state index contributed by atoms with van der Waals surface area (Å²) >= 11 is 0. The maximum absolute atomic E-state index is 5.34. The lowest BCUT2D eigenvalue weighted by molar-refractivity contribution is 0.249. The molecule has 0 amide bonds. The largest absolute Gasteiger partial charge is 0.359 e. The summed E-state index contributed by atoms with van der Waals surface area (Å²) in [6, 6.07) is 2.70. The van der Waals surface area contributed by atoms with Gasteiger partial charge >= 0.3 is 0 Å². The van der Waals surface area contributed by atoms with Crippen molar-refractivity contribution < 1.29 is 4.52 Å². The fourth-order valence-electron chi connectivity index (χ4n) is 3.51. The highest BCUT2D eigenvalue weighted by atomic mass is 16.5. The molecule has 2 saturated heterocycles. The monoisotopic (exact) mass is 319 g/mol. The quantitative estimate of drug-likeness (QED) is 0.663. The van der Waals surface area contributed by atoms with Gasteiger partial charge in [0.15, 0.2) is 11.7 Å². The Balaban J connectivity index is 1.60. The van der Waals surface area contributed by atoms with Crippen LogP contribution in [-0.4, -0.2) is 59.7 Å². The maximum atomic E-state index is 5.34. The molecule has 1 aromatic heterocycles. The van der Waals surface area contributed by atoms with Gasteiger partial charge in [0, 0.05) is 31.7 Å². The van der Waals surface area contributed by atoms with Crippen LogP contribution in [0.5, 0.6) is 0 Å². The number of likely N-dealkylation sites (tertiary alicyclic amines) is 2. The predicted octanol–water partition coefficient (Wildman–Crippen LogP) is 1.87. The molecule has 23 heavy (non-hydrogen) atoms. The summed E-state index contributed by atoms with van der Waals surface area (Å²) in [4.78, 5) is 9.79. The third-order valence-electron chi connectivity index (χ3n) is 4.81. The van der Waals surface area contributed by atoms with Gasteiger partial charge < -0.3 is 14.7 Å². The Labute approximate surface area is 138 Å². The first-order valence-electron chi connectivity index (χ1n) is 9.02. The Morgan fingerprint density at radius 3 is 2.87 bits per heavy atom. The molecule has 0 radical (unpaired) electrons. The second-order valence-corrected chi connectivity index (χ2v) is 6.44. The van der Waals surface area contributed by atoms with Crippen molar-refractivity contribution in [3.8, 4) is 0 Å². The highest BCUT2D eigenvalue weighted by molar-refractivity contribution is 5.80. The lowest BCUT2D eigenvalue weighted by atomic mass is 10.2. The van der Waals surface area contributed by atoms with Gasteiger partial charge in [0.05, 0.1) is 5.69 Å². The first-order valence-corrected chi connectivity index (χ1v) is 9.02. The zero-order valence-electron chi connectivity index (χ0n) is 14.4. The number of hydrogen-bond donors (Lipinski definition) is 1. The van der Waals surface area contributed by atoms with E-state index in [1.807, 2.05) is 6.07 Å². The van der Waals surface area contributed by atoms with Crippen LogP contribution in [0.1, 0.15) is 44.6 Å². The third-order valence-corrected chi connectivity index (χ3v) is 4.81. The average Bonchev–Trinajstić information content (AvgIpc) is 3.32. The van der Waals surface area contributed by atoms with Crippen LogP contribution in [-0.2, 0) is 13.0 Å². The van der Waals surface area contributed by atoms with E-state index in [9.17, 15) is 0 Å². The number of nitrogens with zero attached hydrogens (tertiary/aromatic N) is 4. The van der Waals surface area contributed by atoms with E-state index >= 15 is 0 Å². The van der Waals surface area contributed by atoms with E-state index in [0.29, 0.717) is 12.6 Å². The predicted molar refractivity (Wildman–Crippen MR) is 91.5 cm³/mol. The highest BCUT2D eigenvalue weighted by Crippen LogP contribution is 2.20. The molecule has 6 heteroatoms. The van der Waals surface area contributed by atoms with Gasteiger partial charge in [-0.15, -0.1) is 0 Å². The highest BCUT2D eigenvalue weighted by Gasteiger charge is 2.30. The molecule has 2 aliphatic heterocycles. The minimum atomic E-state index is 0.556. The van der Waals surface area contributed by atoms with Crippen LogP contribution in [0.2, 0.25) is 0 Å². The summed E-state index contributed by atoms with van der Waals surface area (Å²) in [7, 11) is 0. The summed E-state index contributed by atoms with van der Waals surface area (Å²) < 4.78 is 5.34. The van der Waals surface area contributed by atoms with Gasteiger partial charge in [-0.25, -0.2) is 4.99 Å². The summed E-state index contributed by atoms with van der Waals surface area (Å²) in [5.41, 5.74) is 0.996. The number of aryl methyl sites for hydroxylation is 1. The lowest BCUT2D eigenvalue weighted by Crippen LogP contribution is -2.42. The van der Waals surface area contributed by atoms with E-state index < -0.39 is 0 Å². The molecule has 1 unspecified atom stereocenters. The van der Waals surface area contributed by atoms with Gasteiger partial charge in [0.2, 0.25) is 0 Å². The van der Waals surface area contributed by atoms with Crippen LogP contribution in [0.15, 0.2) is 15.6 Å². The molecule has 0 aromatic carbocycles. The van der Waals surface area contributed by atoms with E-state index in [4.69, 9.17) is 9.52 Å². The topological polar surface area (TPSA) is 56.9 Å². The molecule has 0 bridgehead atoms. The molecular formula is C17H29N5O. The van der Waals surface area contributed by atoms with Crippen molar-refractivity contribution in [2.24, 2.45) is 4.99 Å². The van der Waals surface area contributed by atoms with E-state index in [2.05, 4.69) is 34.1 Å². The normalized spacial score (nSPS) is 23.0. The van der Waals surface area contributed by atoms with Gasteiger partial charge in [0.25, 0.3) is 0 Å².